The molecule has 0 saturated carbocycles. The molecule has 4 heteroatoms. The lowest BCUT2D eigenvalue weighted by molar-refractivity contribution is -0.123. The molecule has 1 saturated heterocycles. The van der Waals surface area contributed by atoms with E-state index in [0.717, 1.165) is 19.5 Å². The van der Waals surface area contributed by atoms with Crippen molar-refractivity contribution < 1.29 is 4.79 Å². The van der Waals surface area contributed by atoms with Crippen LogP contribution in [0.5, 0.6) is 0 Å². The molecule has 2 rings (SSSR count). The molecule has 1 fully saturated rings. The summed E-state index contributed by atoms with van der Waals surface area (Å²) in [4.78, 5) is 14.1. The molecular weight excluding hydrogens is 238 g/mol. The quantitative estimate of drug-likeness (QED) is 0.838. The van der Waals surface area contributed by atoms with Crippen LogP contribution in [-0.4, -0.2) is 38.6 Å². The van der Waals surface area contributed by atoms with Crippen molar-refractivity contribution in [1.82, 2.24) is 10.6 Å². The second-order valence-electron chi connectivity index (χ2n) is 5.25. The summed E-state index contributed by atoms with van der Waals surface area (Å²) >= 11 is 0. The van der Waals surface area contributed by atoms with E-state index in [1.807, 2.05) is 25.2 Å². The highest BCUT2D eigenvalue weighted by atomic mass is 16.2. The molecule has 0 aromatic heterocycles. The van der Waals surface area contributed by atoms with Gasteiger partial charge in [-0.1, -0.05) is 25.1 Å². The van der Waals surface area contributed by atoms with Gasteiger partial charge in [0, 0.05) is 25.8 Å². The van der Waals surface area contributed by atoms with Crippen molar-refractivity contribution in [2.75, 3.05) is 31.6 Å². The number of hydrogen-bond acceptors (Lipinski definition) is 3. The summed E-state index contributed by atoms with van der Waals surface area (Å²) in [6, 6.07) is 10.2. The smallest absolute Gasteiger partial charge is 0.237 e. The molecule has 1 heterocycles. The Bertz CT molecular complexity index is 407. The van der Waals surface area contributed by atoms with Crippen LogP contribution in [0.4, 0.5) is 5.69 Å². The maximum atomic E-state index is 12.0. The van der Waals surface area contributed by atoms with Crippen LogP contribution in [0, 0.1) is 5.92 Å². The number of hydrogen-bond donors (Lipinski definition) is 2. The van der Waals surface area contributed by atoms with Gasteiger partial charge in [-0.2, -0.15) is 0 Å². The first-order valence-corrected chi connectivity index (χ1v) is 6.96. The standard InChI is InChI=1S/C15H23N3O/c1-12-8-9-16-14(12)15(19)17-10-11-18(2)13-6-4-3-5-7-13/h3-7,12,14,16H,8-11H2,1-2H3,(H,17,19). The van der Waals surface area contributed by atoms with E-state index in [0.29, 0.717) is 12.5 Å². The number of para-hydroxylation sites is 1. The Hall–Kier alpha value is -1.55. The third-order valence-electron chi connectivity index (χ3n) is 3.76. The predicted octanol–water partition coefficient (Wildman–Crippen LogP) is 1.24. The topological polar surface area (TPSA) is 44.4 Å². The van der Waals surface area contributed by atoms with Gasteiger partial charge in [-0.3, -0.25) is 4.79 Å². The van der Waals surface area contributed by atoms with Gasteiger partial charge in [0.15, 0.2) is 0 Å². The van der Waals surface area contributed by atoms with Crippen LogP contribution in [0.2, 0.25) is 0 Å². The van der Waals surface area contributed by atoms with E-state index in [1.54, 1.807) is 0 Å². The molecule has 2 unspecified atom stereocenters. The van der Waals surface area contributed by atoms with Crippen molar-refractivity contribution in [1.29, 1.82) is 0 Å². The molecule has 0 radical (unpaired) electrons. The number of nitrogens with zero attached hydrogens (tertiary/aromatic N) is 1. The average molecular weight is 261 g/mol. The molecule has 0 bridgehead atoms. The zero-order chi connectivity index (χ0) is 13.7. The van der Waals surface area contributed by atoms with Crippen LogP contribution >= 0.6 is 0 Å². The number of rotatable bonds is 5. The summed E-state index contributed by atoms with van der Waals surface area (Å²) in [5.74, 6) is 0.568. The van der Waals surface area contributed by atoms with E-state index in [9.17, 15) is 4.79 Å². The van der Waals surface area contributed by atoms with Crippen molar-refractivity contribution in [2.45, 2.75) is 19.4 Å². The van der Waals surface area contributed by atoms with Gasteiger partial charge in [0.1, 0.15) is 0 Å². The van der Waals surface area contributed by atoms with Crippen LogP contribution in [0.15, 0.2) is 30.3 Å². The predicted molar refractivity (Wildman–Crippen MR) is 78.3 cm³/mol. The molecule has 2 N–H and O–H groups in total. The maximum Gasteiger partial charge on any atom is 0.237 e. The third-order valence-corrected chi connectivity index (χ3v) is 3.76. The highest BCUT2D eigenvalue weighted by Crippen LogP contribution is 2.14. The number of benzene rings is 1. The fourth-order valence-electron chi connectivity index (χ4n) is 2.45. The maximum absolute atomic E-state index is 12.0. The minimum Gasteiger partial charge on any atom is -0.373 e. The zero-order valence-electron chi connectivity index (χ0n) is 11.7. The summed E-state index contributed by atoms with van der Waals surface area (Å²) in [6.07, 6.45) is 1.09. The first-order chi connectivity index (χ1) is 9.18. The SMILES string of the molecule is CC1CCNC1C(=O)NCCN(C)c1ccccc1. The normalized spacial score (nSPS) is 22.2. The lowest BCUT2D eigenvalue weighted by Gasteiger charge is -2.21. The molecule has 2 atom stereocenters. The summed E-state index contributed by atoms with van der Waals surface area (Å²) in [5.41, 5.74) is 1.17. The molecule has 1 amide bonds. The van der Waals surface area contributed by atoms with Gasteiger partial charge in [-0.05, 0) is 31.0 Å². The van der Waals surface area contributed by atoms with E-state index in [1.165, 1.54) is 5.69 Å². The van der Waals surface area contributed by atoms with Crippen molar-refractivity contribution >= 4 is 11.6 Å². The molecule has 104 valence electrons. The van der Waals surface area contributed by atoms with Crippen LogP contribution < -0.4 is 15.5 Å². The Morgan fingerprint density at radius 1 is 1.42 bits per heavy atom. The second-order valence-corrected chi connectivity index (χ2v) is 5.25. The Kier molecular flexibility index (Phi) is 4.80. The summed E-state index contributed by atoms with van der Waals surface area (Å²) in [6.45, 7) is 4.56. The zero-order valence-corrected chi connectivity index (χ0v) is 11.7. The Balaban J connectivity index is 1.73. The van der Waals surface area contributed by atoms with Gasteiger partial charge >= 0.3 is 0 Å². The van der Waals surface area contributed by atoms with Crippen molar-refractivity contribution in [3.05, 3.63) is 30.3 Å². The molecule has 1 aliphatic rings. The number of likely N-dealkylation sites (N-methyl/N-ethyl adjacent to an activating group) is 1. The highest BCUT2D eigenvalue weighted by Gasteiger charge is 2.28. The largest absolute Gasteiger partial charge is 0.373 e. The first-order valence-electron chi connectivity index (χ1n) is 6.96. The molecule has 0 spiro atoms. The Morgan fingerprint density at radius 3 is 2.79 bits per heavy atom. The summed E-state index contributed by atoms with van der Waals surface area (Å²) in [5, 5.41) is 6.26. The van der Waals surface area contributed by atoms with Crippen LogP contribution in [0.3, 0.4) is 0 Å². The van der Waals surface area contributed by atoms with Crippen molar-refractivity contribution in [3.8, 4) is 0 Å². The number of carbonyl (C=O) groups excluding carboxylic acids is 1. The molecule has 4 nitrogen and oxygen atoms in total. The summed E-state index contributed by atoms with van der Waals surface area (Å²) < 4.78 is 0. The molecule has 1 aliphatic heterocycles. The fourth-order valence-corrected chi connectivity index (χ4v) is 2.45. The number of amides is 1. The van der Waals surface area contributed by atoms with Crippen LogP contribution in [-0.2, 0) is 4.79 Å². The molecule has 1 aromatic rings. The van der Waals surface area contributed by atoms with Crippen LogP contribution in [0.25, 0.3) is 0 Å². The molecule has 19 heavy (non-hydrogen) atoms. The monoisotopic (exact) mass is 261 g/mol. The van der Waals surface area contributed by atoms with E-state index < -0.39 is 0 Å². The molecular formula is C15H23N3O. The third kappa shape index (κ3) is 3.70. The van der Waals surface area contributed by atoms with E-state index in [-0.39, 0.29) is 11.9 Å². The van der Waals surface area contributed by atoms with Crippen LogP contribution in [0.1, 0.15) is 13.3 Å². The Labute approximate surface area is 115 Å². The highest BCUT2D eigenvalue weighted by molar-refractivity contribution is 5.82. The molecule has 0 aliphatic carbocycles. The van der Waals surface area contributed by atoms with Crippen molar-refractivity contribution in [2.24, 2.45) is 5.92 Å². The van der Waals surface area contributed by atoms with Gasteiger partial charge in [-0.15, -0.1) is 0 Å². The second kappa shape index (κ2) is 6.57. The van der Waals surface area contributed by atoms with E-state index in [4.69, 9.17) is 0 Å². The molecule has 1 aromatic carbocycles. The lowest BCUT2D eigenvalue weighted by atomic mass is 10.0. The van der Waals surface area contributed by atoms with E-state index >= 15 is 0 Å². The van der Waals surface area contributed by atoms with E-state index in [2.05, 4.69) is 34.6 Å². The minimum atomic E-state index is -0.0120. The van der Waals surface area contributed by atoms with Crippen molar-refractivity contribution in [3.63, 3.8) is 0 Å². The summed E-state index contributed by atoms with van der Waals surface area (Å²) in [7, 11) is 2.04. The fraction of sp³-hybridized carbons (Fsp3) is 0.533. The Morgan fingerprint density at radius 2 is 2.16 bits per heavy atom. The van der Waals surface area contributed by atoms with Gasteiger partial charge in [0.25, 0.3) is 0 Å². The average Bonchev–Trinajstić information content (AvgIpc) is 2.86. The van der Waals surface area contributed by atoms with Gasteiger partial charge in [0.05, 0.1) is 6.04 Å². The number of anilines is 1. The lowest BCUT2D eigenvalue weighted by Crippen LogP contribution is -2.45. The van der Waals surface area contributed by atoms with Gasteiger partial charge < -0.3 is 15.5 Å². The van der Waals surface area contributed by atoms with Gasteiger partial charge in [-0.25, -0.2) is 0 Å². The number of nitrogens with one attached hydrogen (secondary N) is 2. The minimum absolute atomic E-state index is 0.0120. The first kappa shape index (κ1) is 13.9. The van der Waals surface area contributed by atoms with Gasteiger partial charge in [0.2, 0.25) is 5.91 Å². The number of carbonyl (C=O) groups is 1.